The van der Waals surface area contributed by atoms with E-state index < -0.39 is 59.4 Å². The average molecular weight is 559 g/mol. The van der Waals surface area contributed by atoms with E-state index in [2.05, 4.69) is 15.7 Å². The zero-order valence-corrected chi connectivity index (χ0v) is 22.6. The van der Waals surface area contributed by atoms with Crippen molar-refractivity contribution in [2.45, 2.75) is 83.0 Å². The molecule has 0 radical (unpaired) electrons. The number of primary amides is 1. The maximum atomic E-state index is 13.7. The highest BCUT2D eigenvalue weighted by atomic mass is 16.6. The summed E-state index contributed by atoms with van der Waals surface area (Å²) in [4.78, 5) is 75.3. The number of carboxylic acid groups (broad SMARTS) is 1. The Morgan fingerprint density at radius 1 is 1.20 bits per heavy atom. The highest BCUT2D eigenvalue weighted by molar-refractivity contribution is 6.08. The Morgan fingerprint density at radius 2 is 1.90 bits per heavy atom. The van der Waals surface area contributed by atoms with Gasteiger partial charge in [0.2, 0.25) is 17.7 Å². The number of ether oxygens (including phenoxy) is 1. The number of urea groups is 1. The molecule has 2 aliphatic rings. The van der Waals surface area contributed by atoms with Crippen molar-refractivity contribution < 1.29 is 38.6 Å². The van der Waals surface area contributed by atoms with Crippen molar-refractivity contribution in [3.63, 3.8) is 0 Å². The summed E-state index contributed by atoms with van der Waals surface area (Å²) in [5, 5.41) is 17.8. The van der Waals surface area contributed by atoms with Gasteiger partial charge < -0.3 is 26.2 Å². The molecule has 14 heteroatoms. The number of carboxylic acids is 1. The third-order valence-electron chi connectivity index (χ3n) is 6.17. The number of anilines is 1. The minimum Gasteiger partial charge on any atom is -0.481 e. The minimum absolute atomic E-state index is 0.191. The number of aliphatic carboxylic acids is 1. The van der Waals surface area contributed by atoms with Gasteiger partial charge in [-0.05, 0) is 44.7 Å². The second-order valence-corrected chi connectivity index (χ2v) is 10.6. The van der Waals surface area contributed by atoms with Crippen molar-refractivity contribution in [3.05, 3.63) is 29.3 Å². The van der Waals surface area contributed by atoms with Crippen molar-refractivity contribution in [1.82, 2.24) is 16.1 Å². The molecule has 0 aliphatic carbocycles. The fourth-order valence-electron chi connectivity index (χ4n) is 4.64. The summed E-state index contributed by atoms with van der Waals surface area (Å²) < 4.78 is 5.33. The van der Waals surface area contributed by atoms with Crippen molar-refractivity contribution in [1.29, 1.82) is 0 Å². The number of nitrogens with zero attached hydrogens (tertiary/aromatic N) is 2. The first-order valence-corrected chi connectivity index (χ1v) is 12.8. The fraction of sp³-hybridized carbons (Fsp3) is 0.500. The molecule has 216 valence electrons. The molecule has 14 nitrogen and oxygen atoms in total. The van der Waals surface area contributed by atoms with Gasteiger partial charge >= 0.3 is 18.0 Å². The summed E-state index contributed by atoms with van der Waals surface area (Å²) >= 11 is 0. The van der Waals surface area contributed by atoms with Crippen molar-refractivity contribution in [2.75, 3.05) is 4.90 Å². The van der Waals surface area contributed by atoms with E-state index in [4.69, 9.17) is 15.6 Å². The zero-order valence-electron chi connectivity index (χ0n) is 22.6. The van der Waals surface area contributed by atoms with E-state index in [1.165, 1.54) is 4.90 Å². The summed E-state index contributed by atoms with van der Waals surface area (Å²) in [7, 11) is 0. The summed E-state index contributed by atoms with van der Waals surface area (Å²) in [5.74, 6) is -3.43. The maximum Gasteiger partial charge on any atom is 0.332 e. The van der Waals surface area contributed by atoms with Crippen LogP contribution in [-0.4, -0.2) is 70.7 Å². The summed E-state index contributed by atoms with van der Waals surface area (Å²) in [5.41, 5.74) is 8.48. The van der Waals surface area contributed by atoms with Crippen LogP contribution in [-0.2, 0) is 41.6 Å². The molecule has 0 aromatic heterocycles. The fourth-order valence-corrected chi connectivity index (χ4v) is 4.64. The van der Waals surface area contributed by atoms with Gasteiger partial charge in [0.15, 0.2) is 0 Å². The van der Waals surface area contributed by atoms with Crippen molar-refractivity contribution in [3.8, 4) is 0 Å². The molecule has 0 fully saturated rings. The number of para-hydroxylation sites is 1. The molecule has 40 heavy (non-hydrogen) atoms. The summed E-state index contributed by atoms with van der Waals surface area (Å²) in [6, 6.07) is 1.58. The number of carbonyl (C=O) groups is 6. The normalized spacial score (nSPS) is 18.9. The Labute approximate surface area is 230 Å². The van der Waals surface area contributed by atoms with Crippen LogP contribution in [0.5, 0.6) is 0 Å². The molecule has 0 bridgehead atoms. The number of esters is 1. The van der Waals surface area contributed by atoms with Crippen molar-refractivity contribution >= 4 is 47.6 Å². The topological polar surface area (TPSA) is 210 Å². The van der Waals surface area contributed by atoms with Crippen LogP contribution in [0.15, 0.2) is 23.3 Å². The van der Waals surface area contributed by atoms with Gasteiger partial charge in [0.25, 0.3) is 0 Å². The van der Waals surface area contributed by atoms with Gasteiger partial charge in [-0.1, -0.05) is 18.2 Å². The van der Waals surface area contributed by atoms with Gasteiger partial charge in [0, 0.05) is 19.1 Å². The van der Waals surface area contributed by atoms with E-state index in [0.29, 0.717) is 12.1 Å². The Bertz CT molecular complexity index is 1220. The monoisotopic (exact) mass is 558 g/mol. The average Bonchev–Trinajstić information content (AvgIpc) is 3.17. The van der Waals surface area contributed by atoms with Gasteiger partial charge in [0.1, 0.15) is 17.7 Å². The number of benzene rings is 1. The van der Waals surface area contributed by atoms with Crippen LogP contribution in [0.25, 0.3) is 0 Å². The number of hydrogen-bond donors (Lipinski definition) is 5. The number of carbonyl (C=O) groups excluding carboxylic acids is 5. The molecule has 2 heterocycles. The smallest absolute Gasteiger partial charge is 0.332 e. The van der Waals surface area contributed by atoms with Gasteiger partial charge in [-0.3, -0.25) is 28.9 Å². The summed E-state index contributed by atoms with van der Waals surface area (Å²) in [6.45, 7) is 5.07. The lowest BCUT2D eigenvalue weighted by Gasteiger charge is -2.29. The Hall–Kier alpha value is -4.49. The second kappa shape index (κ2) is 12.6. The van der Waals surface area contributed by atoms with Gasteiger partial charge in [-0.15, -0.1) is 0 Å². The van der Waals surface area contributed by atoms with Crippen molar-refractivity contribution in [2.24, 2.45) is 10.8 Å². The standard InChI is InChI=1S/C26H34N6O8/c1-26(2,3)40-21(36)12-16(13-28-31-25(27)39)29-23(37)18-11-15-6-4-5-14-7-8-17(24(38)32(18)22(14)15)30-19(33)9-10-20(34)35/h4-6,13,16-18H,7-12H2,1-3H3,(H,29,37)(H,30,33)(H,34,35)(H3,27,31,39)/b28-13+/t16-,17+,18+/m1/s1. The van der Waals surface area contributed by atoms with Crippen LogP contribution in [0.1, 0.15) is 57.6 Å². The molecule has 3 atom stereocenters. The predicted molar refractivity (Wildman–Crippen MR) is 142 cm³/mol. The van der Waals surface area contributed by atoms with E-state index in [0.717, 1.165) is 17.3 Å². The highest BCUT2D eigenvalue weighted by Gasteiger charge is 2.44. The van der Waals surface area contributed by atoms with Crippen LogP contribution >= 0.6 is 0 Å². The largest absolute Gasteiger partial charge is 0.481 e. The molecule has 0 spiro atoms. The number of hydrogen-bond acceptors (Lipinski definition) is 8. The number of aryl methyl sites for hydroxylation is 1. The van der Waals surface area contributed by atoms with E-state index in [1.54, 1.807) is 20.8 Å². The molecule has 0 saturated carbocycles. The molecule has 0 unspecified atom stereocenters. The molecule has 6 N–H and O–H groups in total. The third kappa shape index (κ3) is 8.01. The number of amides is 5. The van der Waals surface area contributed by atoms with Gasteiger partial charge in [0.05, 0.1) is 24.6 Å². The lowest BCUT2D eigenvalue weighted by Crippen LogP contribution is -2.56. The summed E-state index contributed by atoms with van der Waals surface area (Å²) in [6.07, 6.45) is 1.07. The van der Waals surface area contributed by atoms with E-state index in [9.17, 15) is 28.8 Å². The predicted octanol–water partition coefficient (Wildman–Crippen LogP) is 0.111. The number of nitrogens with one attached hydrogen (secondary N) is 3. The minimum atomic E-state index is -1.13. The molecule has 1 aromatic rings. The third-order valence-corrected chi connectivity index (χ3v) is 6.17. The molecule has 2 aliphatic heterocycles. The first kappa shape index (κ1) is 30.1. The van der Waals surface area contributed by atoms with E-state index in [1.807, 2.05) is 23.6 Å². The molecule has 5 amide bonds. The zero-order chi connectivity index (χ0) is 29.6. The molecular weight excluding hydrogens is 524 g/mol. The molecule has 3 rings (SSSR count). The second-order valence-electron chi connectivity index (χ2n) is 10.6. The quantitative estimate of drug-likeness (QED) is 0.151. The van der Waals surface area contributed by atoms with Gasteiger partial charge in [-0.2, -0.15) is 5.10 Å². The van der Waals surface area contributed by atoms with Gasteiger partial charge in [-0.25, -0.2) is 10.2 Å². The van der Waals surface area contributed by atoms with Crippen LogP contribution in [0.3, 0.4) is 0 Å². The number of hydrazone groups is 1. The number of rotatable bonds is 10. The molecular formula is C26H34N6O8. The first-order valence-electron chi connectivity index (χ1n) is 12.8. The van der Waals surface area contributed by atoms with Crippen LogP contribution in [0, 0.1) is 0 Å². The van der Waals surface area contributed by atoms with E-state index in [-0.39, 0.29) is 32.1 Å². The molecule has 1 aromatic carbocycles. The molecule has 0 saturated heterocycles. The maximum absolute atomic E-state index is 13.7. The van der Waals surface area contributed by atoms with E-state index >= 15 is 0 Å². The lowest BCUT2D eigenvalue weighted by molar-refractivity contribution is -0.155. The van der Waals surface area contributed by atoms with Crippen LogP contribution in [0.4, 0.5) is 10.5 Å². The van der Waals surface area contributed by atoms with Crippen LogP contribution in [0.2, 0.25) is 0 Å². The number of nitrogens with two attached hydrogens (primary N) is 1. The lowest BCUT2D eigenvalue weighted by atomic mass is 10.0. The Morgan fingerprint density at radius 3 is 2.55 bits per heavy atom. The Kier molecular flexibility index (Phi) is 9.45. The highest BCUT2D eigenvalue weighted by Crippen LogP contribution is 2.39. The van der Waals surface area contributed by atoms with Crippen LogP contribution < -0.4 is 26.7 Å². The first-order chi connectivity index (χ1) is 18.7. The SMILES string of the molecule is CC(C)(C)OC(=O)C[C@H](/C=N/NC(N)=O)NC(=O)[C@@H]1Cc2cccc3c2N1C(=O)[C@@H](NC(=O)CCC(=O)O)CC3. The Balaban J connectivity index is 1.83.